The first-order valence-electron chi connectivity index (χ1n) is 3.06. The molecule has 0 saturated carbocycles. The van der Waals surface area contributed by atoms with Crippen LogP contribution in [0.3, 0.4) is 0 Å². The van der Waals surface area contributed by atoms with Crippen LogP contribution in [-0.4, -0.2) is 25.9 Å². The Bertz CT molecular complexity index is 257. The van der Waals surface area contributed by atoms with Crippen LogP contribution in [0.4, 0.5) is 0 Å². The largest absolute Gasteiger partial charge is 0.481 e. The number of nitrogens with two attached hydrogens (primary N) is 1. The molecule has 0 aliphatic heterocycles. The molecule has 0 aliphatic carbocycles. The second-order valence-corrected chi connectivity index (χ2v) is 2.03. The minimum absolute atomic E-state index is 0.0318. The maximum absolute atomic E-state index is 10.1. The quantitative estimate of drug-likeness (QED) is 0.548. The van der Waals surface area contributed by atoms with Gasteiger partial charge in [-0.25, -0.2) is 4.98 Å². The Morgan fingerprint density at radius 1 is 1.82 bits per heavy atom. The van der Waals surface area contributed by atoms with Crippen molar-refractivity contribution >= 4 is 5.97 Å². The van der Waals surface area contributed by atoms with Crippen LogP contribution in [0.25, 0.3) is 0 Å². The number of nitrogens with zero attached hydrogens (tertiary/aromatic N) is 3. The minimum Gasteiger partial charge on any atom is -0.481 e. The molecule has 0 spiro atoms. The van der Waals surface area contributed by atoms with Gasteiger partial charge in [-0.1, -0.05) is 0 Å². The van der Waals surface area contributed by atoms with Crippen LogP contribution in [0.15, 0.2) is 6.33 Å². The number of hydrogen-bond donors (Lipinski definition) is 2. The third-order valence-electron chi connectivity index (χ3n) is 1.12. The van der Waals surface area contributed by atoms with Gasteiger partial charge in [0.2, 0.25) is 0 Å². The van der Waals surface area contributed by atoms with Crippen molar-refractivity contribution < 1.29 is 9.90 Å². The molecule has 0 bridgehead atoms. The molecule has 6 heteroatoms. The summed E-state index contributed by atoms with van der Waals surface area (Å²) in [5, 5.41) is 12.0. The van der Waals surface area contributed by atoms with Crippen LogP contribution >= 0.6 is 0 Å². The van der Waals surface area contributed by atoms with Crippen LogP contribution < -0.4 is 5.84 Å². The van der Waals surface area contributed by atoms with Crippen molar-refractivity contribution in [3.8, 4) is 0 Å². The summed E-state index contributed by atoms with van der Waals surface area (Å²) >= 11 is 0. The first kappa shape index (κ1) is 7.52. The summed E-state index contributed by atoms with van der Waals surface area (Å²) in [6.07, 6.45) is 1.68. The summed E-state index contributed by atoms with van der Waals surface area (Å²) < 4.78 is 0. The van der Waals surface area contributed by atoms with Crippen LogP contribution in [0, 0.1) is 0 Å². The van der Waals surface area contributed by atoms with Crippen LogP contribution in [0.2, 0.25) is 0 Å². The van der Waals surface area contributed by atoms with Gasteiger partial charge in [-0.15, -0.1) is 5.10 Å². The lowest BCUT2D eigenvalue weighted by Gasteiger charge is -1.88. The Morgan fingerprint density at radius 3 is 3.00 bits per heavy atom. The molecular weight excluding hydrogens is 148 g/mol. The normalized spacial score (nSPS) is 9.82. The Morgan fingerprint density at radius 2 is 2.55 bits per heavy atom. The highest BCUT2D eigenvalue weighted by Crippen LogP contribution is 1.92. The number of hydrogen-bond acceptors (Lipinski definition) is 4. The number of nitrogen functional groups attached to an aromatic ring is 1. The average Bonchev–Trinajstić information content (AvgIpc) is 2.31. The van der Waals surface area contributed by atoms with Crippen LogP contribution in [0.1, 0.15) is 12.2 Å². The number of aryl methyl sites for hydroxylation is 1. The molecule has 0 saturated heterocycles. The Balaban J connectivity index is 2.45. The van der Waals surface area contributed by atoms with E-state index in [1.165, 1.54) is 6.33 Å². The number of carboxylic acid groups (broad SMARTS) is 1. The summed E-state index contributed by atoms with van der Waals surface area (Å²) in [7, 11) is 0. The molecule has 6 nitrogen and oxygen atoms in total. The fourth-order valence-corrected chi connectivity index (χ4v) is 0.644. The van der Waals surface area contributed by atoms with Gasteiger partial charge in [-0.2, -0.15) is 4.79 Å². The third-order valence-corrected chi connectivity index (χ3v) is 1.12. The lowest BCUT2D eigenvalue weighted by Crippen LogP contribution is -2.08. The van der Waals surface area contributed by atoms with Crippen molar-refractivity contribution in [2.45, 2.75) is 12.8 Å². The first-order chi connectivity index (χ1) is 5.18. The maximum Gasteiger partial charge on any atom is 0.303 e. The highest BCUT2D eigenvalue weighted by molar-refractivity contribution is 5.66. The maximum atomic E-state index is 10.1. The molecule has 0 radical (unpaired) electrons. The highest BCUT2D eigenvalue weighted by Gasteiger charge is 2.02. The highest BCUT2D eigenvalue weighted by atomic mass is 16.4. The molecule has 0 atom stereocenters. The predicted molar refractivity (Wildman–Crippen MR) is 36.1 cm³/mol. The zero-order valence-electron chi connectivity index (χ0n) is 5.77. The standard InChI is InChI=1S/C5H8N4O2/c6-9-3-7-4(8-9)1-2-5(10)11/h3H,1-2,6H2,(H,10,11). The van der Waals surface area contributed by atoms with Gasteiger partial charge in [-0.05, 0) is 0 Å². The van der Waals surface area contributed by atoms with E-state index in [4.69, 9.17) is 10.9 Å². The average molecular weight is 156 g/mol. The van der Waals surface area contributed by atoms with E-state index in [1.54, 1.807) is 0 Å². The van der Waals surface area contributed by atoms with E-state index >= 15 is 0 Å². The van der Waals surface area contributed by atoms with E-state index in [0.29, 0.717) is 12.2 Å². The molecule has 0 unspecified atom stereocenters. The van der Waals surface area contributed by atoms with Crippen molar-refractivity contribution in [3.63, 3.8) is 0 Å². The number of aliphatic carboxylic acids is 1. The molecule has 1 rings (SSSR count). The van der Waals surface area contributed by atoms with Gasteiger partial charge in [0.25, 0.3) is 0 Å². The summed E-state index contributed by atoms with van der Waals surface area (Å²) in [4.78, 5) is 14.9. The number of rotatable bonds is 3. The van der Waals surface area contributed by atoms with E-state index in [-0.39, 0.29) is 6.42 Å². The fraction of sp³-hybridized carbons (Fsp3) is 0.400. The topological polar surface area (TPSA) is 94.0 Å². The monoisotopic (exact) mass is 156 g/mol. The lowest BCUT2D eigenvalue weighted by atomic mass is 10.3. The van der Waals surface area contributed by atoms with Gasteiger partial charge in [0.05, 0.1) is 6.42 Å². The summed E-state index contributed by atoms with van der Waals surface area (Å²) in [6, 6.07) is 0. The molecular formula is C5H8N4O2. The van der Waals surface area contributed by atoms with Gasteiger partial charge in [0.1, 0.15) is 6.33 Å². The molecule has 0 aliphatic rings. The van der Waals surface area contributed by atoms with E-state index < -0.39 is 5.97 Å². The smallest absolute Gasteiger partial charge is 0.303 e. The van der Waals surface area contributed by atoms with Gasteiger partial charge in [0, 0.05) is 6.42 Å². The zero-order valence-corrected chi connectivity index (χ0v) is 5.77. The Labute approximate surface area is 62.6 Å². The Hall–Kier alpha value is -1.59. The van der Waals surface area contributed by atoms with Crippen molar-refractivity contribution in [1.82, 2.24) is 14.9 Å². The molecule has 1 aromatic heterocycles. The van der Waals surface area contributed by atoms with Crippen molar-refractivity contribution in [1.29, 1.82) is 0 Å². The predicted octanol–water partition coefficient (Wildman–Crippen LogP) is -0.991. The van der Waals surface area contributed by atoms with E-state index in [1.807, 2.05) is 0 Å². The van der Waals surface area contributed by atoms with Crippen LogP contribution in [-0.2, 0) is 11.2 Å². The van der Waals surface area contributed by atoms with E-state index in [0.717, 1.165) is 4.79 Å². The second-order valence-electron chi connectivity index (χ2n) is 2.03. The van der Waals surface area contributed by atoms with Crippen molar-refractivity contribution in [3.05, 3.63) is 12.2 Å². The molecule has 1 heterocycles. The Kier molecular flexibility index (Phi) is 2.05. The number of carbonyl (C=O) groups is 1. The molecule has 0 aromatic carbocycles. The third kappa shape index (κ3) is 2.24. The molecule has 0 amide bonds. The fourth-order valence-electron chi connectivity index (χ4n) is 0.644. The molecule has 60 valence electrons. The summed E-state index contributed by atoms with van der Waals surface area (Å²) in [6.45, 7) is 0. The zero-order chi connectivity index (χ0) is 8.27. The SMILES string of the molecule is Nn1cnc(CCC(=O)O)n1. The minimum atomic E-state index is -0.863. The van der Waals surface area contributed by atoms with Gasteiger partial charge in [0.15, 0.2) is 5.82 Å². The summed E-state index contributed by atoms with van der Waals surface area (Å²) in [5.41, 5.74) is 0. The molecule has 0 fully saturated rings. The summed E-state index contributed by atoms with van der Waals surface area (Å²) in [5.74, 6) is 4.77. The van der Waals surface area contributed by atoms with Crippen LogP contribution in [0.5, 0.6) is 0 Å². The van der Waals surface area contributed by atoms with Gasteiger partial charge < -0.3 is 10.9 Å². The lowest BCUT2D eigenvalue weighted by molar-refractivity contribution is -0.137. The second kappa shape index (κ2) is 3.00. The number of aromatic nitrogens is 3. The van der Waals surface area contributed by atoms with Crippen molar-refractivity contribution in [2.24, 2.45) is 0 Å². The van der Waals surface area contributed by atoms with E-state index in [9.17, 15) is 4.79 Å². The first-order valence-corrected chi connectivity index (χ1v) is 3.06. The molecule has 11 heavy (non-hydrogen) atoms. The number of carboxylic acids is 1. The van der Waals surface area contributed by atoms with Crippen molar-refractivity contribution in [2.75, 3.05) is 5.84 Å². The molecule has 1 aromatic rings. The molecule has 3 N–H and O–H groups in total. The van der Waals surface area contributed by atoms with Gasteiger partial charge in [-0.3, -0.25) is 4.79 Å². The van der Waals surface area contributed by atoms with E-state index in [2.05, 4.69) is 10.1 Å². The van der Waals surface area contributed by atoms with Gasteiger partial charge >= 0.3 is 5.97 Å².